The lowest BCUT2D eigenvalue weighted by molar-refractivity contribution is 0.0963. The Hall–Kier alpha value is -2.14. The van der Waals surface area contributed by atoms with Gasteiger partial charge in [-0.15, -0.1) is 0 Å². The molecule has 1 aromatic carbocycles. The van der Waals surface area contributed by atoms with Gasteiger partial charge in [-0.25, -0.2) is 4.68 Å². The summed E-state index contributed by atoms with van der Waals surface area (Å²) < 4.78 is 1.94. The van der Waals surface area contributed by atoms with Gasteiger partial charge in [0, 0.05) is 44.9 Å². The van der Waals surface area contributed by atoms with Crippen LogP contribution in [0.1, 0.15) is 35.5 Å². The SMILES string of the molecule is CNC(=O)c1ccc(-n2cc3c(n2)CCN(CC(C)C)CC3)cc1. The zero-order valence-electron chi connectivity index (χ0n) is 14.7. The van der Waals surface area contributed by atoms with E-state index in [9.17, 15) is 4.79 Å². The molecule has 0 aliphatic carbocycles. The Bertz CT molecular complexity index is 677. The van der Waals surface area contributed by atoms with Crippen molar-refractivity contribution in [1.29, 1.82) is 0 Å². The molecule has 2 heterocycles. The van der Waals surface area contributed by atoms with Crippen molar-refractivity contribution < 1.29 is 4.79 Å². The molecule has 1 aliphatic rings. The van der Waals surface area contributed by atoms with Gasteiger partial charge in [-0.05, 0) is 42.2 Å². The molecule has 0 atom stereocenters. The van der Waals surface area contributed by atoms with Gasteiger partial charge in [-0.3, -0.25) is 4.79 Å². The number of nitrogens with one attached hydrogen (secondary N) is 1. The molecular weight excluding hydrogens is 300 g/mol. The molecule has 0 saturated heterocycles. The van der Waals surface area contributed by atoms with Crippen LogP contribution in [0.15, 0.2) is 30.5 Å². The quantitative estimate of drug-likeness (QED) is 0.938. The summed E-state index contributed by atoms with van der Waals surface area (Å²) in [6.07, 6.45) is 4.20. The number of hydrogen-bond donors (Lipinski definition) is 1. The monoisotopic (exact) mass is 326 g/mol. The molecule has 1 amide bonds. The third-order valence-electron chi connectivity index (χ3n) is 4.48. The van der Waals surface area contributed by atoms with Gasteiger partial charge in [-0.1, -0.05) is 13.8 Å². The molecule has 5 nitrogen and oxygen atoms in total. The number of rotatable bonds is 4. The van der Waals surface area contributed by atoms with Gasteiger partial charge in [0.25, 0.3) is 5.91 Å². The molecule has 0 radical (unpaired) electrons. The molecule has 0 unspecified atom stereocenters. The van der Waals surface area contributed by atoms with E-state index in [4.69, 9.17) is 5.10 Å². The van der Waals surface area contributed by atoms with Crippen LogP contribution in [0.3, 0.4) is 0 Å². The van der Waals surface area contributed by atoms with Gasteiger partial charge < -0.3 is 10.2 Å². The van der Waals surface area contributed by atoms with Crippen molar-refractivity contribution in [3.8, 4) is 5.69 Å². The van der Waals surface area contributed by atoms with Crippen molar-refractivity contribution in [2.45, 2.75) is 26.7 Å². The second kappa shape index (κ2) is 7.18. The molecule has 0 fully saturated rings. The van der Waals surface area contributed by atoms with Crippen molar-refractivity contribution in [3.05, 3.63) is 47.3 Å². The van der Waals surface area contributed by atoms with Crippen molar-refractivity contribution in [2.24, 2.45) is 5.92 Å². The zero-order chi connectivity index (χ0) is 17.1. The van der Waals surface area contributed by atoms with Crippen molar-refractivity contribution >= 4 is 5.91 Å². The third kappa shape index (κ3) is 3.67. The Balaban J connectivity index is 1.74. The van der Waals surface area contributed by atoms with E-state index in [1.807, 2.05) is 28.9 Å². The van der Waals surface area contributed by atoms with E-state index in [0.29, 0.717) is 11.5 Å². The van der Waals surface area contributed by atoms with Gasteiger partial charge in [0.1, 0.15) is 0 Å². The smallest absolute Gasteiger partial charge is 0.251 e. The van der Waals surface area contributed by atoms with Crippen molar-refractivity contribution in [2.75, 3.05) is 26.7 Å². The first-order valence-electron chi connectivity index (χ1n) is 8.69. The number of aromatic nitrogens is 2. The van der Waals surface area contributed by atoms with Crippen LogP contribution in [-0.2, 0) is 12.8 Å². The van der Waals surface area contributed by atoms with Crippen LogP contribution in [0.5, 0.6) is 0 Å². The average Bonchev–Trinajstić information content (AvgIpc) is 2.91. The molecule has 2 aromatic rings. The number of nitrogens with zero attached hydrogens (tertiary/aromatic N) is 3. The summed E-state index contributed by atoms with van der Waals surface area (Å²) in [4.78, 5) is 14.2. The van der Waals surface area contributed by atoms with E-state index >= 15 is 0 Å². The molecule has 1 aromatic heterocycles. The molecular formula is C19H26N4O. The fraction of sp³-hybridized carbons (Fsp3) is 0.474. The summed E-state index contributed by atoms with van der Waals surface area (Å²) in [5.41, 5.74) is 4.21. The lowest BCUT2D eigenvalue weighted by Gasteiger charge is -2.21. The van der Waals surface area contributed by atoms with E-state index in [0.717, 1.165) is 38.2 Å². The first kappa shape index (κ1) is 16.7. The number of carbonyl (C=O) groups excluding carboxylic acids is 1. The van der Waals surface area contributed by atoms with E-state index < -0.39 is 0 Å². The first-order chi connectivity index (χ1) is 11.6. The van der Waals surface area contributed by atoms with E-state index in [-0.39, 0.29) is 5.91 Å². The molecule has 0 saturated carbocycles. The zero-order valence-corrected chi connectivity index (χ0v) is 14.7. The fourth-order valence-electron chi connectivity index (χ4n) is 3.26. The molecule has 5 heteroatoms. The maximum Gasteiger partial charge on any atom is 0.251 e. The van der Waals surface area contributed by atoms with E-state index in [2.05, 4.69) is 30.3 Å². The Morgan fingerprint density at radius 1 is 1.21 bits per heavy atom. The van der Waals surface area contributed by atoms with Crippen LogP contribution in [0, 0.1) is 5.92 Å². The maximum atomic E-state index is 11.6. The summed E-state index contributed by atoms with van der Waals surface area (Å²) in [7, 11) is 1.64. The number of benzene rings is 1. The highest BCUT2D eigenvalue weighted by molar-refractivity contribution is 5.94. The second-order valence-electron chi connectivity index (χ2n) is 6.87. The van der Waals surface area contributed by atoms with Crippen LogP contribution in [0.4, 0.5) is 0 Å². The molecule has 0 bridgehead atoms. The standard InChI is InChI=1S/C19H26N4O/c1-14(2)12-22-10-8-16-13-23(21-18(16)9-11-22)17-6-4-15(5-7-17)19(24)20-3/h4-7,13-14H,8-12H2,1-3H3,(H,20,24). The van der Waals surface area contributed by atoms with Gasteiger partial charge >= 0.3 is 0 Å². The Kier molecular flexibility index (Phi) is 5.00. The minimum absolute atomic E-state index is 0.0666. The predicted molar refractivity (Wildman–Crippen MR) is 95.6 cm³/mol. The van der Waals surface area contributed by atoms with Crippen LogP contribution in [-0.4, -0.2) is 47.3 Å². The molecule has 0 spiro atoms. The minimum Gasteiger partial charge on any atom is -0.355 e. The van der Waals surface area contributed by atoms with Crippen molar-refractivity contribution in [3.63, 3.8) is 0 Å². The second-order valence-corrected chi connectivity index (χ2v) is 6.87. The normalized spacial score (nSPS) is 15.2. The van der Waals surface area contributed by atoms with Gasteiger partial charge in [0.2, 0.25) is 0 Å². The van der Waals surface area contributed by atoms with Crippen LogP contribution >= 0.6 is 0 Å². The average molecular weight is 326 g/mol. The lowest BCUT2D eigenvalue weighted by Crippen LogP contribution is -2.30. The van der Waals surface area contributed by atoms with Gasteiger partial charge in [0.05, 0.1) is 11.4 Å². The molecule has 1 aliphatic heterocycles. The molecule has 1 N–H and O–H groups in total. The molecule has 24 heavy (non-hydrogen) atoms. The summed E-state index contributed by atoms with van der Waals surface area (Å²) in [6, 6.07) is 7.57. The highest BCUT2D eigenvalue weighted by Gasteiger charge is 2.18. The minimum atomic E-state index is -0.0666. The number of carbonyl (C=O) groups is 1. The number of amides is 1. The first-order valence-corrected chi connectivity index (χ1v) is 8.69. The predicted octanol–water partition coefficient (Wildman–Crippen LogP) is 2.29. The van der Waals surface area contributed by atoms with E-state index in [1.54, 1.807) is 7.05 Å². The molecule has 3 rings (SSSR count). The maximum absolute atomic E-state index is 11.6. The Morgan fingerprint density at radius 2 is 1.92 bits per heavy atom. The summed E-state index contributed by atoms with van der Waals surface area (Å²) in [5.74, 6) is 0.636. The summed E-state index contributed by atoms with van der Waals surface area (Å²) >= 11 is 0. The fourth-order valence-corrected chi connectivity index (χ4v) is 3.26. The summed E-state index contributed by atoms with van der Waals surface area (Å²) in [5, 5.41) is 7.42. The van der Waals surface area contributed by atoms with Crippen LogP contribution < -0.4 is 5.32 Å². The highest BCUT2D eigenvalue weighted by atomic mass is 16.1. The summed E-state index contributed by atoms with van der Waals surface area (Å²) in [6.45, 7) is 7.88. The number of fused-ring (bicyclic) bond motifs is 1. The highest BCUT2D eigenvalue weighted by Crippen LogP contribution is 2.18. The van der Waals surface area contributed by atoms with Crippen LogP contribution in [0.2, 0.25) is 0 Å². The largest absolute Gasteiger partial charge is 0.355 e. The molecule has 128 valence electrons. The van der Waals surface area contributed by atoms with Gasteiger partial charge in [-0.2, -0.15) is 5.10 Å². The van der Waals surface area contributed by atoms with Gasteiger partial charge in [0.15, 0.2) is 0 Å². The van der Waals surface area contributed by atoms with Crippen molar-refractivity contribution in [1.82, 2.24) is 20.0 Å². The van der Waals surface area contributed by atoms with Crippen LogP contribution in [0.25, 0.3) is 5.69 Å². The third-order valence-corrected chi connectivity index (χ3v) is 4.48. The topological polar surface area (TPSA) is 50.2 Å². The number of hydrogen-bond acceptors (Lipinski definition) is 3. The van der Waals surface area contributed by atoms with E-state index in [1.165, 1.54) is 11.3 Å². The Labute approximate surface area is 143 Å². The lowest BCUT2D eigenvalue weighted by atomic mass is 10.1. The Morgan fingerprint density at radius 3 is 2.58 bits per heavy atom.